The van der Waals surface area contributed by atoms with Gasteiger partial charge >= 0.3 is 0 Å². The van der Waals surface area contributed by atoms with Gasteiger partial charge in [-0.05, 0) is 75.4 Å². The summed E-state index contributed by atoms with van der Waals surface area (Å²) in [5, 5.41) is 4.82. The third-order valence-corrected chi connectivity index (χ3v) is 10.9. The lowest BCUT2D eigenvalue weighted by molar-refractivity contribution is 0.664. The molecule has 0 aliphatic carbocycles. The number of aliphatic imine (C=N–C) groups is 1. The van der Waals surface area contributed by atoms with Crippen LogP contribution in [0.3, 0.4) is 0 Å². The number of nitrogens with two attached hydrogens (primary N) is 1. The highest BCUT2D eigenvalue weighted by molar-refractivity contribution is 6.14. The summed E-state index contributed by atoms with van der Waals surface area (Å²) in [5.74, 6) is 0.707. The van der Waals surface area contributed by atoms with Crippen LogP contribution in [0.4, 0.5) is 5.69 Å². The normalized spacial score (nSPS) is 13.7. The molecule has 10 rings (SSSR count). The number of para-hydroxylation sites is 1. The Morgan fingerprint density at radius 2 is 0.983 bits per heavy atom. The summed E-state index contributed by atoms with van der Waals surface area (Å²) < 4.78 is 0. The first kappa shape index (κ1) is 35.5. The maximum Gasteiger partial charge on any atom is 0.160 e. The van der Waals surface area contributed by atoms with E-state index < -0.39 is 0 Å². The fourth-order valence-corrected chi connectivity index (χ4v) is 7.94. The molecule has 59 heavy (non-hydrogen) atoms. The molecular formula is C54H39N5. The van der Waals surface area contributed by atoms with Crippen molar-refractivity contribution in [3.8, 4) is 56.0 Å². The summed E-state index contributed by atoms with van der Waals surface area (Å²) in [5.41, 5.74) is 22.4. The highest BCUT2D eigenvalue weighted by Crippen LogP contribution is 2.39. The van der Waals surface area contributed by atoms with Crippen LogP contribution >= 0.6 is 0 Å². The number of nitrogens with one attached hydrogen (secondary N) is 1. The molecule has 1 unspecified atom stereocenters. The van der Waals surface area contributed by atoms with Crippen molar-refractivity contribution in [2.45, 2.75) is 6.17 Å². The van der Waals surface area contributed by atoms with Crippen molar-refractivity contribution in [2.24, 2.45) is 4.99 Å². The van der Waals surface area contributed by atoms with Crippen molar-refractivity contribution < 1.29 is 0 Å². The molecule has 5 nitrogen and oxygen atoms in total. The van der Waals surface area contributed by atoms with Crippen LogP contribution in [0.2, 0.25) is 0 Å². The molecular weight excluding hydrogens is 719 g/mol. The van der Waals surface area contributed by atoms with E-state index in [0.717, 1.165) is 94.9 Å². The van der Waals surface area contributed by atoms with Crippen LogP contribution in [0.15, 0.2) is 217 Å². The Kier molecular flexibility index (Phi) is 9.37. The van der Waals surface area contributed by atoms with Gasteiger partial charge in [0.05, 0.1) is 16.9 Å². The maximum atomic E-state index is 6.02. The van der Waals surface area contributed by atoms with E-state index in [0.29, 0.717) is 5.82 Å². The third-order valence-electron chi connectivity index (χ3n) is 10.9. The fraction of sp³-hybridized carbons (Fsp3) is 0.0185. The number of anilines is 1. The zero-order chi connectivity index (χ0) is 39.5. The molecule has 3 N–H and O–H groups in total. The van der Waals surface area contributed by atoms with Gasteiger partial charge in [0.25, 0.3) is 0 Å². The van der Waals surface area contributed by atoms with Gasteiger partial charge in [-0.2, -0.15) is 0 Å². The van der Waals surface area contributed by atoms with Gasteiger partial charge in [-0.25, -0.2) is 9.97 Å². The molecule has 0 bridgehead atoms. The summed E-state index contributed by atoms with van der Waals surface area (Å²) in [6.07, 6.45) is 1.91. The second-order valence-electron chi connectivity index (χ2n) is 14.7. The van der Waals surface area contributed by atoms with Crippen molar-refractivity contribution in [3.63, 3.8) is 0 Å². The number of aromatic nitrogens is 2. The van der Waals surface area contributed by atoms with E-state index in [-0.39, 0.29) is 6.17 Å². The molecule has 280 valence electrons. The Labute approximate surface area is 344 Å². The van der Waals surface area contributed by atoms with Crippen molar-refractivity contribution in [2.75, 3.05) is 5.73 Å². The van der Waals surface area contributed by atoms with Gasteiger partial charge in [-0.1, -0.05) is 176 Å². The van der Waals surface area contributed by atoms with E-state index in [1.165, 1.54) is 0 Å². The number of allylic oxidation sites excluding steroid dienone is 1. The zero-order valence-corrected chi connectivity index (χ0v) is 32.2. The van der Waals surface area contributed by atoms with Crippen LogP contribution in [-0.2, 0) is 0 Å². The number of benzene rings is 8. The Hall–Kier alpha value is -7.89. The van der Waals surface area contributed by atoms with Gasteiger partial charge in [-0.3, -0.25) is 4.99 Å². The summed E-state index contributed by atoms with van der Waals surface area (Å²) in [6, 6.07) is 71.5. The first-order valence-electron chi connectivity index (χ1n) is 19.8. The molecule has 1 aliphatic heterocycles. The smallest absolute Gasteiger partial charge is 0.160 e. The summed E-state index contributed by atoms with van der Waals surface area (Å²) in [6.45, 7) is 0. The number of hydrogen-bond acceptors (Lipinski definition) is 5. The minimum absolute atomic E-state index is 0.277. The van der Waals surface area contributed by atoms with Crippen molar-refractivity contribution in [1.82, 2.24) is 15.3 Å². The summed E-state index contributed by atoms with van der Waals surface area (Å²) >= 11 is 0. The van der Waals surface area contributed by atoms with E-state index in [2.05, 4.69) is 175 Å². The number of fused-ring (bicyclic) bond motifs is 1. The van der Waals surface area contributed by atoms with E-state index >= 15 is 0 Å². The van der Waals surface area contributed by atoms with E-state index in [4.69, 9.17) is 20.7 Å². The van der Waals surface area contributed by atoms with Crippen molar-refractivity contribution in [3.05, 3.63) is 229 Å². The lowest BCUT2D eigenvalue weighted by Gasteiger charge is -2.26. The number of rotatable bonds is 8. The minimum atomic E-state index is -0.277. The van der Waals surface area contributed by atoms with Crippen molar-refractivity contribution >= 4 is 28.0 Å². The van der Waals surface area contributed by atoms with Gasteiger partial charge in [0.15, 0.2) is 5.82 Å². The Bertz CT molecular complexity index is 3020. The SMILES string of the molecule is Nc1ccc(-c2cccc(C3=NC(c4ccccc4)NC(c4ccccc4-c4cccc(-c5ccccc5-c5nc(-c6ccccc6)nc6ccccc56)c4)=C3)c2)cc1. The topological polar surface area (TPSA) is 76.2 Å². The Balaban J connectivity index is 1.07. The standard InChI is InChI=1S/C54H39N5/c55-43-31-29-36(30-32-43)39-19-13-22-42(33-39)50-35-51(58-53(57-50)37-15-3-1-4-16-37)46-25-9-7-23-44(46)40-20-14-21-41(34-40)45-24-8-10-26-47(45)52-48-27-11-12-28-49(48)56-54(59-52)38-17-5-2-6-18-38/h1-35,53,58H,55H2. The predicted octanol–water partition coefficient (Wildman–Crippen LogP) is 12.7. The monoisotopic (exact) mass is 757 g/mol. The Morgan fingerprint density at radius 1 is 0.424 bits per heavy atom. The third kappa shape index (κ3) is 7.18. The van der Waals surface area contributed by atoms with Gasteiger partial charge < -0.3 is 11.1 Å². The average Bonchev–Trinajstić information content (AvgIpc) is 3.32. The Morgan fingerprint density at radius 3 is 1.73 bits per heavy atom. The fourth-order valence-electron chi connectivity index (χ4n) is 7.94. The molecule has 0 amide bonds. The second-order valence-corrected chi connectivity index (χ2v) is 14.7. The van der Waals surface area contributed by atoms with Crippen LogP contribution in [0, 0.1) is 0 Å². The number of hydrogen-bond donors (Lipinski definition) is 2. The van der Waals surface area contributed by atoms with E-state index in [9.17, 15) is 0 Å². The molecule has 1 aliphatic rings. The lowest BCUT2D eigenvalue weighted by Crippen LogP contribution is -2.25. The highest BCUT2D eigenvalue weighted by Gasteiger charge is 2.22. The van der Waals surface area contributed by atoms with Gasteiger partial charge in [0.1, 0.15) is 6.17 Å². The molecule has 2 heterocycles. The minimum Gasteiger partial charge on any atom is -0.399 e. The van der Waals surface area contributed by atoms with Crippen molar-refractivity contribution in [1.29, 1.82) is 0 Å². The first-order valence-corrected chi connectivity index (χ1v) is 19.8. The molecule has 1 aromatic heterocycles. The largest absolute Gasteiger partial charge is 0.399 e. The molecule has 9 aromatic rings. The van der Waals surface area contributed by atoms with E-state index in [1.54, 1.807) is 0 Å². The number of nitrogens with zero attached hydrogens (tertiary/aromatic N) is 3. The highest BCUT2D eigenvalue weighted by atomic mass is 15.1. The van der Waals surface area contributed by atoms with Crippen LogP contribution in [-0.4, -0.2) is 15.7 Å². The quantitative estimate of drug-likeness (QED) is 0.151. The first-order chi connectivity index (χ1) is 29.1. The van der Waals surface area contributed by atoms with Crippen LogP contribution in [0.25, 0.3) is 72.6 Å². The second kappa shape index (κ2) is 15.6. The summed E-state index contributed by atoms with van der Waals surface area (Å²) in [7, 11) is 0. The van der Waals surface area contributed by atoms with Gasteiger partial charge in [-0.15, -0.1) is 0 Å². The molecule has 0 saturated heterocycles. The van der Waals surface area contributed by atoms with Crippen LogP contribution in [0.5, 0.6) is 0 Å². The van der Waals surface area contributed by atoms with Crippen LogP contribution < -0.4 is 11.1 Å². The lowest BCUT2D eigenvalue weighted by atomic mass is 9.91. The number of nitrogen functional groups attached to an aromatic ring is 1. The molecule has 0 radical (unpaired) electrons. The molecule has 5 heteroatoms. The molecule has 0 saturated carbocycles. The summed E-state index contributed by atoms with van der Waals surface area (Å²) in [4.78, 5) is 15.5. The molecule has 8 aromatic carbocycles. The van der Waals surface area contributed by atoms with Gasteiger partial charge in [0.2, 0.25) is 0 Å². The average molecular weight is 758 g/mol. The molecule has 0 fully saturated rings. The zero-order valence-electron chi connectivity index (χ0n) is 32.2. The van der Waals surface area contributed by atoms with Crippen LogP contribution in [0.1, 0.15) is 22.9 Å². The predicted molar refractivity (Wildman–Crippen MR) is 244 cm³/mol. The molecule has 1 atom stereocenters. The maximum absolute atomic E-state index is 6.02. The van der Waals surface area contributed by atoms with Gasteiger partial charge in [0, 0.05) is 39.0 Å². The van der Waals surface area contributed by atoms with E-state index in [1.807, 2.05) is 42.5 Å². The molecule has 0 spiro atoms.